The van der Waals surface area contributed by atoms with Gasteiger partial charge in [0.25, 0.3) is 5.56 Å². The van der Waals surface area contributed by atoms with Crippen molar-refractivity contribution >= 4 is 0 Å². The number of H-pyrrole nitrogens is 1. The van der Waals surface area contributed by atoms with Crippen LogP contribution in [0.25, 0.3) is 11.5 Å². The van der Waals surface area contributed by atoms with E-state index in [1.54, 1.807) is 12.3 Å². The molecule has 1 saturated carbocycles. The minimum atomic E-state index is -0.0684. The van der Waals surface area contributed by atoms with Crippen molar-refractivity contribution in [1.82, 2.24) is 19.7 Å². The fourth-order valence-electron chi connectivity index (χ4n) is 2.95. The maximum absolute atomic E-state index is 11.9. The second-order valence-electron chi connectivity index (χ2n) is 5.44. The third-order valence-electron chi connectivity index (χ3n) is 3.93. The molecule has 0 atom stereocenters. The summed E-state index contributed by atoms with van der Waals surface area (Å²) in [5.41, 5.74) is 1.76. The Bertz CT molecular complexity index is 637. The summed E-state index contributed by atoms with van der Waals surface area (Å²) in [6.07, 6.45) is 7.52. The molecule has 1 fully saturated rings. The van der Waals surface area contributed by atoms with E-state index in [9.17, 15) is 4.79 Å². The number of hydrogen-bond acceptors (Lipinski definition) is 3. The van der Waals surface area contributed by atoms with Gasteiger partial charge in [0.1, 0.15) is 5.69 Å². The number of aryl methyl sites for hydroxylation is 1. The van der Waals surface area contributed by atoms with Gasteiger partial charge < -0.3 is 4.98 Å². The minimum Gasteiger partial charge on any atom is -0.305 e. The third-order valence-corrected chi connectivity index (χ3v) is 3.93. The molecule has 5 heteroatoms. The van der Waals surface area contributed by atoms with E-state index in [0.717, 1.165) is 37.2 Å². The molecule has 0 saturated heterocycles. The van der Waals surface area contributed by atoms with Gasteiger partial charge in [-0.05, 0) is 25.3 Å². The summed E-state index contributed by atoms with van der Waals surface area (Å²) in [4.78, 5) is 19.4. The summed E-state index contributed by atoms with van der Waals surface area (Å²) in [5.74, 6) is 1.09. The van der Waals surface area contributed by atoms with Crippen molar-refractivity contribution < 1.29 is 0 Å². The number of aromatic amines is 1. The summed E-state index contributed by atoms with van der Waals surface area (Å²) < 4.78 is 1.90. The van der Waals surface area contributed by atoms with Crippen LogP contribution in [0, 0.1) is 0 Å². The highest BCUT2D eigenvalue weighted by Gasteiger charge is 2.20. The summed E-state index contributed by atoms with van der Waals surface area (Å²) in [5, 5.41) is 4.29. The molecule has 3 rings (SSSR count). The maximum Gasteiger partial charge on any atom is 0.251 e. The van der Waals surface area contributed by atoms with Crippen LogP contribution in [0.4, 0.5) is 0 Å². The maximum atomic E-state index is 11.9. The van der Waals surface area contributed by atoms with Crippen LogP contribution >= 0.6 is 0 Å². The Morgan fingerprint density at radius 3 is 2.95 bits per heavy atom. The van der Waals surface area contributed by atoms with Crippen molar-refractivity contribution in [1.29, 1.82) is 0 Å². The lowest BCUT2D eigenvalue weighted by molar-refractivity contribution is 0.605. The van der Waals surface area contributed by atoms with Gasteiger partial charge in [-0.25, -0.2) is 4.98 Å². The molecule has 2 heterocycles. The smallest absolute Gasteiger partial charge is 0.251 e. The summed E-state index contributed by atoms with van der Waals surface area (Å²) in [6.45, 7) is 2.94. The van der Waals surface area contributed by atoms with Gasteiger partial charge in [0.2, 0.25) is 0 Å². The van der Waals surface area contributed by atoms with E-state index >= 15 is 0 Å². The molecular weight excluding hydrogens is 252 g/mol. The van der Waals surface area contributed by atoms with Crippen LogP contribution in [0.1, 0.15) is 50.6 Å². The molecule has 0 amide bonds. The van der Waals surface area contributed by atoms with Gasteiger partial charge in [-0.3, -0.25) is 9.48 Å². The van der Waals surface area contributed by atoms with Crippen molar-refractivity contribution in [2.24, 2.45) is 0 Å². The highest BCUT2D eigenvalue weighted by Crippen LogP contribution is 2.32. The Morgan fingerprint density at radius 1 is 1.40 bits per heavy atom. The first kappa shape index (κ1) is 13.1. The lowest BCUT2D eigenvalue weighted by atomic mass is 10.0. The van der Waals surface area contributed by atoms with Crippen molar-refractivity contribution in [2.45, 2.75) is 51.5 Å². The highest BCUT2D eigenvalue weighted by atomic mass is 16.1. The molecule has 1 N–H and O–H groups in total. The first-order valence-corrected chi connectivity index (χ1v) is 7.41. The number of nitrogens with zero attached hydrogens (tertiary/aromatic N) is 3. The minimum absolute atomic E-state index is 0.0684. The fourth-order valence-corrected chi connectivity index (χ4v) is 2.95. The van der Waals surface area contributed by atoms with Crippen LogP contribution in [0.15, 0.2) is 23.1 Å². The van der Waals surface area contributed by atoms with Crippen LogP contribution in [-0.2, 0) is 6.54 Å². The zero-order valence-corrected chi connectivity index (χ0v) is 11.8. The summed E-state index contributed by atoms with van der Waals surface area (Å²) >= 11 is 0. The van der Waals surface area contributed by atoms with E-state index < -0.39 is 0 Å². The average Bonchev–Trinajstić information content (AvgIpc) is 3.09. The molecule has 1 aliphatic carbocycles. The standard InChI is InChI=1S/C15H20N4O/c1-2-9-19-13(7-8-16-19)15-17-12(10-14(20)18-15)11-5-3-4-6-11/h7-8,10-11H,2-6,9H2,1H3,(H,17,18,20). The van der Waals surface area contributed by atoms with E-state index in [1.165, 1.54) is 12.8 Å². The van der Waals surface area contributed by atoms with E-state index in [0.29, 0.717) is 11.7 Å². The Balaban J connectivity index is 2.00. The van der Waals surface area contributed by atoms with Gasteiger partial charge in [0.15, 0.2) is 5.82 Å². The van der Waals surface area contributed by atoms with Crippen molar-refractivity contribution in [2.75, 3.05) is 0 Å². The first-order chi connectivity index (χ1) is 9.78. The lowest BCUT2D eigenvalue weighted by Gasteiger charge is -2.10. The molecule has 2 aromatic heterocycles. The quantitative estimate of drug-likeness (QED) is 0.930. The molecular formula is C15H20N4O. The summed E-state index contributed by atoms with van der Waals surface area (Å²) in [7, 11) is 0. The van der Waals surface area contributed by atoms with Crippen LogP contribution in [0.3, 0.4) is 0 Å². The molecule has 0 aliphatic heterocycles. The van der Waals surface area contributed by atoms with Crippen molar-refractivity contribution in [3.05, 3.63) is 34.4 Å². The van der Waals surface area contributed by atoms with Gasteiger partial charge >= 0.3 is 0 Å². The van der Waals surface area contributed by atoms with E-state index in [4.69, 9.17) is 0 Å². The molecule has 20 heavy (non-hydrogen) atoms. The predicted molar refractivity (Wildman–Crippen MR) is 77.6 cm³/mol. The fraction of sp³-hybridized carbons (Fsp3) is 0.533. The van der Waals surface area contributed by atoms with E-state index in [2.05, 4.69) is 22.0 Å². The number of rotatable bonds is 4. The Morgan fingerprint density at radius 2 is 2.20 bits per heavy atom. The molecule has 0 unspecified atom stereocenters. The molecule has 0 spiro atoms. The van der Waals surface area contributed by atoms with Gasteiger partial charge in [-0.15, -0.1) is 0 Å². The highest BCUT2D eigenvalue weighted by molar-refractivity contribution is 5.49. The molecule has 2 aromatic rings. The Hall–Kier alpha value is -1.91. The molecule has 106 valence electrons. The largest absolute Gasteiger partial charge is 0.305 e. The molecule has 0 aromatic carbocycles. The second-order valence-corrected chi connectivity index (χ2v) is 5.44. The van der Waals surface area contributed by atoms with Gasteiger partial charge in [0.05, 0.1) is 5.69 Å². The number of aromatic nitrogens is 4. The van der Waals surface area contributed by atoms with Gasteiger partial charge in [0, 0.05) is 24.7 Å². The zero-order chi connectivity index (χ0) is 13.9. The zero-order valence-electron chi connectivity index (χ0n) is 11.8. The van der Waals surface area contributed by atoms with Crippen molar-refractivity contribution in [3.8, 4) is 11.5 Å². The van der Waals surface area contributed by atoms with Crippen molar-refractivity contribution in [3.63, 3.8) is 0 Å². The number of nitrogens with one attached hydrogen (secondary N) is 1. The molecule has 0 radical (unpaired) electrons. The predicted octanol–water partition coefficient (Wildman–Crippen LogP) is 2.70. The summed E-state index contributed by atoms with van der Waals surface area (Å²) in [6, 6.07) is 3.56. The first-order valence-electron chi connectivity index (χ1n) is 7.41. The van der Waals surface area contributed by atoms with Crippen LogP contribution in [0.2, 0.25) is 0 Å². The number of hydrogen-bond donors (Lipinski definition) is 1. The van der Waals surface area contributed by atoms with Crippen LogP contribution in [0.5, 0.6) is 0 Å². The van der Waals surface area contributed by atoms with Gasteiger partial charge in [-0.1, -0.05) is 19.8 Å². The average molecular weight is 272 g/mol. The van der Waals surface area contributed by atoms with Gasteiger partial charge in [-0.2, -0.15) is 5.10 Å². The van der Waals surface area contributed by atoms with Crippen LogP contribution in [-0.4, -0.2) is 19.7 Å². The third kappa shape index (κ3) is 2.53. The SMILES string of the molecule is CCCn1nccc1-c1nc(C2CCCC2)cc(=O)[nH]1. The van der Waals surface area contributed by atoms with E-state index in [1.807, 2.05) is 10.7 Å². The topological polar surface area (TPSA) is 63.6 Å². The Labute approximate surface area is 118 Å². The van der Waals surface area contributed by atoms with E-state index in [-0.39, 0.29) is 5.56 Å². The normalized spacial score (nSPS) is 15.8. The van der Waals surface area contributed by atoms with Crippen LogP contribution < -0.4 is 5.56 Å². The second kappa shape index (κ2) is 5.61. The Kier molecular flexibility index (Phi) is 3.67. The monoisotopic (exact) mass is 272 g/mol. The molecule has 0 bridgehead atoms. The lowest BCUT2D eigenvalue weighted by Crippen LogP contribution is -2.14. The molecule has 1 aliphatic rings. The molecule has 5 nitrogen and oxygen atoms in total.